The molecule has 1 nitrogen and oxygen atoms in total. The molecule has 0 aromatic heterocycles. The maximum Gasteiger partial charge on any atom is 0.0000920 e. The molecule has 0 aliphatic rings. The minimum Gasteiger partial charge on any atom is -0.309 e. The molecule has 1 atom stereocenters. The van der Waals surface area contributed by atoms with Crippen LogP contribution in [0.25, 0.3) is 0 Å². The van der Waals surface area contributed by atoms with E-state index in [1.165, 1.54) is 32.2 Å². The van der Waals surface area contributed by atoms with Crippen LogP contribution in [0.3, 0.4) is 0 Å². The number of unbranched alkanes of at least 4 members (excludes halogenated alkanes) is 2. The van der Waals surface area contributed by atoms with Gasteiger partial charge in [-0.15, -0.1) is 0 Å². The summed E-state index contributed by atoms with van der Waals surface area (Å²) in [4.78, 5) is 2.27. The molecule has 0 spiro atoms. The Kier molecular flexibility index (Phi) is 6.63. The Morgan fingerprint density at radius 3 is 2.27 bits per heavy atom. The second-order valence-corrected chi connectivity index (χ2v) is 3.86. The minimum absolute atomic E-state index is 0.872. The monoisotopic (exact) mass is 157 g/mol. The van der Waals surface area contributed by atoms with E-state index < -0.39 is 0 Å². The molecule has 0 aromatic rings. The topological polar surface area (TPSA) is 3.24 Å². The van der Waals surface area contributed by atoms with Crippen LogP contribution < -0.4 is 0 Å². The van der Waals surface area contributed by atoms with Crippen LogP contribution in [0.15, 0.2) is 0 Å². The van der Waals surface area contributed by atoms with Gasteiger partial charge in [0.1, 0.15) is 0 Å². The van der Waals surface area contributed by atoms with Crippen molar-refractivity contribution in [1.29, 1.82) is 0 Å². The first-order valence-corrected chi connectivity index (χ1v) is 4.81. The van der Waals surface area contributed by atoms with Gasteiger partial charge in [0.05, 0.1) is 0 Å². The second-order valence-electron chi connectivity index (χ2n) is 3.86. The summed E-state index contributed by atoms with van der Waals surface area (Å²) >= 11 is 0. The van der Waals surface area contributed by atoms with E-state index in [-0.39, 0.29) is 0 Å². The first kappa shape index (κ1) is 11.0. The van der Waals surface area contributed by atoms with Crippen LogP contribution in [0.2, 0.25) is 0 Å². The van der Waals surface area contributed by atoms with Gasteiger partial charge in [-0.3, -0.25) is 0 Å². The van der Waals surface area contributed by atoms with Crippen molar-refractivity contribution in [2.75, 3.05) is 20.6 Å². The van der Waals surface area contributed by atoms with Gasteiger partial charge < -0.3 is 4.90 Å². The third-order valence-corrected chi connectivity index (χ3v) is 1.98. The normalized spacial score (nSPS) is 13.9. The molecule has 11 heavy (non-hydrogen) atoms. The lowest BCUT2D eigenvalue weighted by atomic mass is 10.0. The van der Waals surface area contributed by atoms with Crippen molar-refractivity contribution in [1.82, 2.24) is 4.90 Å². The minimum atomic E-state index is 0.872. The third-order valence-electron chi connectivity index (χ3n) is 1.98. The lowest BCUT2D eigenvalue weighted by molar-refractivity contribution is 0.322. The average molecular weight is 157 g/mol. The molecule has 1 heteroatoms. The van der Waals surface area contributed by atoms with E-state index in [0.29, 0.717) is 0 Å². The number of hydrogen-bond donors (Lipinski definition) is 0. The highest BCUT2D eigenvalue weighted by atomic mass is 15.1. The fourth-order valence-corrected chi connectivity index (χ4v) is 1.46. The van der Waals surface area contributed by atoms with Crippen LogP contribution in [-0.4, -0.2) is 25.5 Å². The Balaban J connectivity index is 3.15. The summed E-state index contributed by atoms with van der Waals surface area (Å²) in [5.74, 6) is 0.872. The molecular weight excluding hydrogens is 134 g/mol. The van der Waals surface area contributed by atoms with Crippen molar-refractivity contribution < 1.29 is 0 Å². The summed E-state index contributed by atoms with van der Waals surface area (Å²) in [6, 6.07) is 0. The number of rotatable bonds is 6. The fraction of sp³-hybridized carbons (Fsp3) is 1.00. The Morgan fingerprint density at radius 2 is 1.82 bits per heavy atom. The van der Waals surface area contributed by atoms with E-state index in [1.54, 1.807) is 0 Å². The number of hydrogen-bond acceptors (Lipinski definition) is 1. The van der Waals surface area contributed by atoms with Gasteiger partial charge in [-0.25, -0.2) is 0 Å². The van der Waals surface area contributed by atoms with Gasteiger partial charge in [0.2, 0.25) is 0 Å². The molecule has 0 saturated carbocycles. The Bertz CT molecular complexity index is 78.9. The van der Waals surface area contributed by atoms with Gasteiger partial charge in [0.25, 0.3) is 0 Å². The molecule has 0 N–H and O–H groups in total. The summed E-state index contributed by atoms with van der Waals surface area (Å²) < 4.78 is 0. The molecule has 0 saturated heterocycles. The van der Waals surface area contributed by atoms with E-state index in [9.17, 15) is 0 Å². The van der Waals surface area contributed by atoms with Gasteiger partial charge in [0, 0.05) is 6.54 Å². The van der Waals surface area contributed by atoms with E-state index in [1.807, 2.05) is 0 Å². The van der Waals surface area contributed by atoms with Crippen LogP contribution in [-0.2, 0) is 0 Å². The molecule has 0 radical (unpaired) electrons. The predicted molar refractivity (Wildman–Crippen MR) is 51.9 cm³/mol. The van der Waals surface area contributed by atoms with Crippen LogP contribution in [0, 0.1) is 5.92 Å². The summed E-state index contributed by atoms with van der Waals surface area (Å²) in [5, 5.41) is 0. The van der Waals surface area contributed by atoms with Crippen LogP contribution in [0.4, 0.5) is 0 Å². The van der Waals surface area contributed by atoms with Crippen LogP contribution in [0.1, 0.15) is 39.5 Å². The lowest BCUT2D eigenvalue weighted by Gasteiger charge is -2.16. The van der Waals surface area contributed by atoms with Crippen molar-refractivity contribution in [3.63, 3.8) is 0 Å². The summed E-state index contributed by atoms with van der Waals surface area (Å²) in [7, 11) is 4.30. The van der Waals surface area contributed by atoms with Gasteiger partial charge in [-0.1, -0.05) is 33.1 Å². The molecule has 0 heterocycles. The highest BCUT2D eigenvalue weighted by Gasteiger charge is 2.01. The molecule has 0 bridgehead atoms. The molecular formula is C10H23N. The zero-order valence-electron chi connectivity index (χ0n) is 8.56. The average Bonchev–Trinajstić information content (AvgIpc) is 1.86. The van der Waals surface area contributed by atoms with Crippen molar-refractivity contribution in [3.05, 3.63) is 0 Å². The predicted octanol–water partition coefficient (Wildman–Crippen LogP) is 2.76. The summed E-state index contributed by atoms with van der Waals surface area (Å²) in [5.41, 5.74) is 0. The maximum atomic E-state index is 2.34. The van der Waals surface area contributed by atoms with E-state index in [2.05, 4.69) is 32.8 Å². The standard InChI is InChI=1S/C10H23N/c1-5-6-7-8-10(2)9-11(3)4/h10H,5-9H2,1-4H3/t10-/m0/s1. The molecule has 0 amide bonds. The molecule has 0 aliphatic heterocycles. The third kappa shape index (κ3) is 7.86. The highest BCUT2D eigenvalue weighted by Crippen LogP contribution is 2.09. The quantitative estimate of drug-likeness (QED) is 0.536. The smallest absolute Gasteiger partial charge is 0.0000920 e. The lowest BCUT2D eigenvalue weighted by Crippen LogP contribution is -2.19. The second kappa shape index (κ2) is 6.66. The first-order chi connectivity index (χ1) is 5.16. The largest absolute Gasteiger partial charge is 0.309 e. The van der Waals surface area contributed by atoms with Crippen molar-refractivity contribution in [2.45, 2.75) is 39.5 Å². The zero-order valence-corrected chi connectivity index (χ0v) is 8.56. The molecule has 0 fully saturated rings. The van der Waals surface area contributed by atoms with Crippen molar-refractivity contribution >= 4 is 0 Å². The first-order valence-electron chi connectivity index (χ1n) is 4.81. The Hall–Kier alpha value is -0.0400. The van der Waals surface area contributed by atoms with Crippen LogP contribution in [0.5, 0.6) is 0 Å². The fourth-order valence-electron chi connectivity index (χ4n) is 1.46. The Morgan fingerprint density at radius 1 is 1.18 bits per heavy atom. The SMILES string of the molecule is CCCCC[C@H](C)CN(C)C. The summed E-state index contributed by atoms with van der Waals surface area (Å²) in [6.07, 6.45) is 5.55. The molecule has 0 aliphatic carbocycles. The molecule has 68 valence electrons. The van der Waals surface area contributed by atoms with Crippen LogP contribution >= 0.6 is 0 Å². The highest BCUT2D eigenvalue weighted by molar-refractivity contribution is 4.55. The molecule has 0 rings (SSSR count). The van der Waals surface area contributed by atoms with E-state index >= 15 is 0 Å². The summed E-state index contributed by atoms with van der Waals surface area (Å²) in [6.45, 7) is 5.84. The van der Waals surface area contributed by atoms with E-state index in [0.717, 1.165) is 5.92 Å². The van der Waals surface area contributed by atoms with E-state index in [4.69, 9.17) is 0 Å². The van der Waals surface area contributed by atoms with Gasteiger partial charge in [-0.05, 0) is 26.4 Å². The van der Waals surface area contributed by atoms with Crippen molar-refractivity contribution in [2.24, 2.45) is 5.92 Å². The zero-order chi connectivity index (χ0) is 8.69. The molecule has 0 aromatic carbocycles. The number of nitrogens with zero attached hydrogens (tertiary/aromatic N) is 1. The van der Waals surface area contributed by atoms with Gasteiger partial charge >= 0.3 is 0 Å². The van der Waals surface area contributed by atoms with Gasteiger partial charge in [-0.2, -0.15) is 0 Å². The van der Waals surface area contributed by atoms with Crippen molar-refractivity contribution in [3.8, 4) is 0 Å². The molecule has 0 unspecified atom stereocenters. The Labute approximate surface area is 71.8 Å². The van der Waals surface area contributed by atoms with Gasteiger partial charge in [0.15, 0.2) is 0 Å². The maximum absolute atomic E-state index is 2.34.